The monoisotopic (exact) mass is 733 g/mol. The number of carbonyl (C=O) groups is 6. The second-order valence-electron chi connectivity index (χ2n) is 14.8. The first-order chi connectivity index (χ1) is 25.3. The van der Waals surface area contributed by atoms with Gasteiger partial charge in [0.15, 0.2) is 0 Å². The summed E-state index contributed by atoms with van der Waals surface area (Å²) in [5, 5.41) is 24.0. The van der Waals surface area contributed by atoms with Crippen molar-refractivity contribution in [1.82, 2.24) is 31.5 Å². The van der Waals surface area contributed by atoms with Crippen molar-refractivity contribution in [2.45, 2.75) is 109 Å². The van der Waals surface area contributed by atoms with E-state index in [-0.39, 0.29) is 50.4 Å². The number of amides is 6. The van der Waals surface area contributed by atoms with Crippen LogP contribution in [0.3, 0.4) is 0 Å². The Morgan fingerprint density at radius 1 is 0.698 bits per heavy atom. The fourth-order valence-electron chi connectivity index (χ4n) is 6.79. The summed E-state index contributed by atoms with van der Waals surface area (Å²) >= 11 is 0. The Morgan fingerprint density at radius 3 is 1.91 bits per heavy atom. The van der Waals surface area contributed by atoms with E-state index in [1.807, 2.05) is 44.2 Å². The predicted molar refractivity (Wildman–Crippen MR) is 199 cm³/mol. The zero-order chi connectivity index (χ0) is 38.7. The zero-order valence-corrected chi connectivity index (χ0v) is 31.1. The second-order valence-corrected chi connectivity index (χ2v) is 14.8. The van der Waals surface area contributed by atoms with Crippen molar-refractivity contribution in [3.63, 3.8) is 0 Å². The molecule has 6 atom stereocenters. The zero-order valence-electron chi connectivity index (χ0n) is 31.1. The van der Waals surface area contributed by atoms with E-state index in [2.05, 4.69) is 26.6 Å². The molecule has 0 radical (unpaired) electrons. The molecule has 0 aliphatic carbocycles. The third-order valence-electron chi connectivity index (χ3n) is 9.66. The van der Waals surface area contributed by atoms with Crippen LogP contribution in [0.15, 0.2) is 54.6 Å². The van der Waals surface area contributed by atoms with Crippen molar-refractivity contribution < 1.29 is 33.9 Å². The highest BCUT2D eigenvalue weighted by atomic mass is 16.3. The normalized spacial score (nSPS) is 25.2. The topological polar surface area (TPSA) is 212 Å². The summed E-state index contributed by atoms with van der Waals surface area (Å²) in [6.45, 7) is 7.82. The van der Waals surface area contributed by atoms with Crippen LogP contribution >= 0.6 is 0 Å². The number of phenols is 1. The molecule has 14 heteroatoms. The van der Waals surface area contributed by atoms with Gasteiger partial charge in [0.2, 0.25) is 35.4 Å². The summed E-state index contributed by atoms with van der Waals surface area (Å²) in [5.41, 5.74) is 7.20. The molecule has 0 bridgehead atoms. The molecule has 14 nitrogen and oxygen atoms in total. The molecule has 2 aromatic rings. The van der Waals surface area contributed by atoms with Crippen LogP contribution in [0.4, 0.5) is 0 Å². The highest BCUT2D eigenvalue weighted by molar-refractivity contribution is 5.98. The number of phenolic OH excluding ortho intramolecular Hbond substituents is 1. The van der Waals surface area contributed by atoms with Crippen molar-refractivity contribution in [2.24, 2.45) is 17.6 Å². The van der Waals surface area contributed by atoms with Gasteiger partial charge in [-0.1, -0.05) is 70.2 Å². The van der Waals surface area contributed by atoms with Crippen molar-refractivity contribution in [1.29, 1.82) is 0 Å². The van der Waals surface area contributed by atoms with Crippen LogP contribution < -0.4 is 32.3 Å². The first-order valence-corrected chi connectivity index (χ1v) is 18.6. The third kappa shape index (κ3) is 11.5. The van der Waals surface area contributed by atoms with Crippen molar-refractivity contribution in [3.05, 3.63) is 65.7 Å². The van der Waals surface area contributed by atoms with Crippen LogP contribution in [0.5, 0.6) is 5.75 Å². The lowest BCUT2D eigenvalue weighted by atomic mass is 9.98. The summed E-state index contributed by atoms with van der Waals surface area (Å²) in [5.74, 6) is -3.81. The summed E-state index contributed by atoms with van der Waals surface area (Å²) < 4.78 is 0. The van der Waals surface area contributed by atoms with Gasteiger partial charge in [0, 0.05) is 19.4 Å². The SMILES string of the molecule is CC(C)C[C@@H]1NC(=O)[C@H](CCCN)NC(=O)[C@H](C(C)C)NC(=O)[C@H](Cc2ccc(O)cc2)NC(=O)[C@@H]2CCCN2C(=O)[C@H](Cc2ccccc2)NC1=O. The van der Waals surface area contributed by atoms with Crippen molar-refractivity contribution in [3.8, 4) is 5.75 Å². The summed E-state index contributed by atoms with van der Waals surface area (Å²) in [6.07, 6.45) is 1.84. The van der Waals surface area contributed by atoms with E-state index < -0.39 is 77.6 Å². The average molecular weight is 734 g/mol. The lowest BCUT2D eigenvalue weighted by Gasteiger charge is -2.32. The maximum Gasteiger partial charge on any atom is 0.246 e. The van der Waals surface area contributed by atoms with Gasteiger partial charge in [-0.25, -0.2) is 0 Å². The van der Waals surface area contributed by atoms with Gasteiger partial charge in [-0.3, -0.25) is 28.8 Å². The fraction of sp³-hybridized carbons (Fsp3) is 0.538. The minimum atomic E-state index is -1.16. The van der Waals surface area contributed by atoms with Gasteiger partial charge in [-0.2, -0.15) is 0 Å². The number of fused-ring (bicyclic) bond motifs is 1. The van der Waals surface area contributed by atoms with E-state index in [0.717, 1.165) is 5.56 Å². The first kappa shape index (κ1) is 40.8. The lowest BCUT2D eigenvalue weighted by molar-refractivity contribution is -0.143. The Bertz CT molecular complexity index is 1580. The van der Waals surface area contributed by atoms with Crippen LogP contribution in [0.25, 0.3) is 0 Å². The Kier molecular flexibility index (Phi) is 14.8. The standard InChI is InChI=1S/C39H55N7O7/c1-23(2)20-29-35(49)44-31(22-25-10-6-5-7-11-25)39(53)46-19-9-13-32(46)37(51)43-30(21-26-14-16-27(47)17-15-26)36(50)45-33(24(3)4)38(52)41-28(12-8-18-40)34(48)42-29/h5-7,10-11,14-17,23-24,28-33,47H,8-9,12-13,18-22,40H2,1-4H3,(H,41,52)(H,42,48)(H,43,51)(H,44,49)(H,45,50)/t28-,29-,30-,31-,32-,33-/m0/s1. The van der Waals surface area contributed by atoms with Gasteiger partial charge in [-0.05, 0) is 73.7 Å². The highest BCUT2D eigenvalue weighted by Gasteiger charge is 2.41. The molecular formula is C39H55N7O7. The number of nitrogens with zero attached hydrogens (tertiary/aromatic N) is 1. The molecule has 0 spiro atoms. The highest BCUT2D eigenvalue weighted by Crippen LogP contribution is 2.21. The first-order valence-electron chi connectivity index (χ1n) is 18.6. The molecule has 2 heterocycles. The number of aromatic hydroxyl groups is 1. The maximum atomic E-state index is 14.4. The Morgan fingerprint density at radius 2 is 1.26 bits per heavy atom. The molecular weight excluding hydrogens is 678 g/mol. The smallest absolute Gasteiger partial charge is 0.246 e. The molecule has 0 aromatic heterocycles. The number of hydrogen-bond donors (Lipinski definition) is 7. The summed E-state index contributed by atoms with van der Waals surface area (Å²) in [6, 6.07) is 9.01. The van der Waals surface area contributed by atoms with Crippen LogP contribution in [0, 0.1) is 11.8 Å². The molecule has 6 amide bonds. The van der Waals surface area contributed by atoms with E-state index >= 15 is 0 Å². The van der Waals surface area contributed by atoms with E-state index in [0.29, 0.717) is 24.8 Å². The van der Waals surface area contributed by atoms with Gasteiger partial charge >= 0.3 is 0 Å². The van der Waals surface area contributed by atoms with Gasteiger partial charge in [-0.15, -0.1) is 0 Å². The minimum absolute atomic E-state index is 0.0222. The van der Waals surface area contributed by atoms with E-state index in [9.17, 15) is 33.9 Å². The number of nitrogens with two attached hydrogens (primary N) is 1. The molecule has 53 heavy (non-hydrogen) atoms. The van der Waals surface area contributed by atoms with E-state index in [4.69, 9.17) is 5.73 Å². The Hall–Kier alpha value is -4.98. The van der Waals surface area contributed by atoms with E-state index in [1.54, 1.807) is 26.0 Å². The van der Waals surface area contributed by atoms with Crippen LogP contribution in [-0.2, 0) is 41.6 Å². The largest absolute Gasteiger partial charge is 0.508 e. The molecule has 2 aliphatic rings. The molecule has 8 N–H and O–H groups in total. The molecule has 2 aromatic carbocycles. The third-order valence-corrected chi connectivity index (χ3v) is 9.66. The number of carbonyl (C=O) groups excluding carboxylic acids is 6. The van der Waals surface area contributed by atoms with Gasteiger partial charge in [0.25, 0.3) is 0 Å². The van der Waals surface area contributed by atoms with Gasteiger partial charge < -0.3 is 42.3 Å². The predicted octanol–water partition coefficient (Wildman–Crippen LogP) is 1.05. The molecule has 288 valence electrons. The van der Waals surface area contributed by atoms with Crippen LogP contribution in [-0.4, -0.2) is 94.8 Å². The Balaban J connectivity index is 1.77. The second kappa shape index (κ2) is 19.2. The lowest BCUT2D eigenvalue weighted by Crippen LogP contribution is -2.62. The molecule has 2 aliphatic heterocycles. The number of hydrogen-bond acceptors (Lipinski definition) is 8. The summed E-state index contributed by atoms with van der Waals surface area (Å²) in [7, 11) is 0. The number of rotatable bonds is 10. The minimum Gasteiger partial charge on any atom is -0.508 e. The number of nitrogens with one attached hydrogen (secondary N) is 5. The van der Waals surface area contributed by atoms with Crippen molar-refractivity contribution >= 4 is 35.4 Å². The maximum absolute atomic E-state index is 14.4. The summed E-state index contributed by atoms with van der Waals surface area (Å²) in [4.78, 5) is 85.6. The molecule has 2 fully saturated rings. The van der Waals surface area contributed by atoms with Crippen LogP contribution in [0.2, 0.25) is 0 Å². The Labute approximate surface area is 311 Å². The van der Waals surface area contributed by atoms with Crippen LogP contribution in [0.1, 0.15) is 70.9 Å². The number of benzene rings is 2. The molecule has 0 saturated carbocycles. The molecule has 0 unspecified atom stereocenters. The van der Waals surface area contributed by atoms with Gasteiger partial charge in [0.05, 0.1) is 0 Å². The molecule has 2 saturated heterocycles. The van der Waals surface area contributed by atoms with E-state index in [1.165, 1.54) is 17.0 Å². The quantitative estimate of drug-likeness (QED) is 0.187. The fourth-order valence-corrected chi connectivity index (χ4v) is 6.79. The molecule has 4 rings (SSSR count). The average Bonchev–Trinajstić information content (AvgIpc) is 3.62. The van der Waals surface area contributed by atoms with Crippen molar-refractivity contribution in [2.75, 3.05) is 13.1 Å². The van der Waals surface area contributed by atoms with Gasteiger partial charge in [0.1, 0.15) is 42.0 Å².